The number of amides is 2. The first-order chi connectivity index (χ1) is 6.70. The first-order valence-corrected chi connectivity index (χ1v) is 4.92. The van der Waals surface area contributed by atoms with Gasteiger partial charge in [0.05, 0.1) is 6.61 Å². The van der Waals surface area contributed by atoms with Crippen molar-refractivity contribution in [1.82, 2.24) is 5.06 Å². The summed E-state index contributed by atoms with van der Waals surface area (Å²) in [5.41, 5.74) is 0.520. The third-order valence-corrected chi connectivity index (χ3v) is 2.06. The maximum atomic E-state index is 11.5. The topological polar surface area (TPSA) is 46.6 Å². The summed E-state index contributed by atoms with van der Waals surface area (Å²) in [5, 5.41) is 0.856. The third kappa shape index (κ3) is 2.20. The number of hydrogen-bond donors (Lipinski definition) is 0. The molecule has 0 aromatic carbocycles. The number of hydrogen-bond acceptors (Lipinski definition) is 3. The minimum Gasteiger partial charge on any atom is -0.267 e. The zero-order chi connectivity index (χ0) is 10.6. The van der Waals surface area contributed by atoms with Crippen LogP contribution in [0.5, 0.6) is 0 Å². The molecule has 1 aliphatic heterocycles. The summed E-state index contributed by atoms with van der Waals surface area (Å²) in [4.78, 5) is 27.8. The first-order valence-electron chi connectivity index (χ1n) is 4.92. The minimum absolute atomic E-state index is 0.311. The van der Waals surface area contributed by atoms with E-state index >= 15 is 0 Å². The van der Waals surface area contributed by atoms with E-state index in [0.29, 0.717) is 18.6 Å². The van der Waals surface area contributed by atoms with Crippen molar-refractivity contribution in [1.29, 1.82) is 0 Å². The van der Waals surface area contributed by atoms with E-state index in [-0.39, 0.29) is 11.8 Å². The lowest BCUT2D eigenvalue weighted by Crippen LogP contribution is -2.31. The largest absolute Gasteiger partial charge is 0.281 e. The highest BCUT2D eigenvalue weighted by Crippen LogP contribution is 2.15. The van der Waals surface area contributed by atoms with E-state index in [0.717, 1.165) is 17.9 Å². The Labute approximate surface area is 83.5 Å². The van der Waals surface area contributed by atoms with Gasteiger partial charge in [0.2, 0.25) is 0 Å². The minimum atomic E-state index is -0.358. The Bertz CT molecular complexity index is 271. The molecule has 0 unspecified atom stereocenters. The van der Waals surface area contributed by atoms with Crippen molar-refractivity contribution in [3.05, 3.63) is 11.6 Å². The number of rotatable bonds is 5. The Balaban J connectivity index is 2.49. The smallest absolute Gasteiger partial charge is 0.267 e. The first kappa shape index (κ1) is 10.9. The lowest BCUT2D eigenvalue weighted by molar-refractivity contribution is -0.186. The van der Waals surface area contributed by atoms with Gasteiger partial charge in [0.1, 0.15) is 0 Å². The summed E-state index contributed by atoms with van der Waals surface area (Å²) < 4.78 is 0. The van der Waals surface area contributed by atoms with E-state index in [2.05, 4.69) is 0 Å². The molecule has 0 atom stereocenters. The van der Waals surface area contributed by atoms with E-state index in [1.165, 1.54) is 6.08 Å². The van der Waals surface area contributed by atoms with Gasteiger partial charge in [-0.25, -0.2) is 0 Å². The molecule has 0 fully saturated rings. The standard InChI is InChI=1S/C10H15NO3/c1-3-5-6-14-11-9(12)7-8(4-2)10(11)13/h7H,3-6H2,1-2H3. The van der Waals surface area contributed by atoms with E-state index in [9.17, 15) is 9.59 Å². The van der Waals surface area contributed by atoms with Crippen LogP contribution < -0.4 is 0 Å². The molecule has 0 N–H and O–H groups in total. The van der Waals surface area contributed by atoms with Gasteiger partial charge in [-0.05, 0) is 12.8 Å². The third-order valence-electron chi connectivity index (χ3n) is 2.06. The van der Waals surface area contributed by atoms with Gasteiger partial charge in [0.15, 0.2) is 0 Å². The lowest BCUT2D eigenvalue weighted by atomic mass is 10.2. The molecule has 1 heterocycles. The molecule has 0 aliphatic carbocycles. The van der Waals surface area contributed by atoms with Crippen molar-refractivity contribution in [2.45, 2.75) is 33.1 Å². The fraction of sp³-hybridized carbons (Fsp3) is 0.600. The molecule has 14 heavy (non-hydrogen) atoms. The summed E-state index contributed by atoms with van der Waals surface area (Å²) in [5.74, 6) is -0.670. The van der Waals surface area contributed by atoms with Gasteiger partial charge in [-0.1, -0.05) is 20.3 Å². The summed E-state index contributed by atoms with van der Waals surface area (Å²) >= 11 is 0. The average molecular weight is 197 g/mol. The highest BCUT2D eigenvalue weighted by Gasteiger charge is 2.30. The molecule has 4 nitrogen and oxygen atoms in total. The van der Waals surface area contributed by atoms with Crippen LogP contribution in [-0.2, 0) is 14.4 Å². The number of imide groups is 1. The number of hydroxylamine groups is 2. The van der Waals surface area contributed by atoms with Crippen LogP contribution in [0.2, 0.25) is 0 Å². The SMILES string of the molecule is CCCCON1C(=O)C=C(CC)C1=O. The Hall–Kier alpha value is -1.16. The molecule has 0 spiro atoms. The fourth-order valence-electron chi connectivity index (χ4n) is 1.18. The van der Waals surface area contributed by atoms with E-state index in [1.54, 1.807) is 0 Å². The average Bonchev–Trinajstić information content (AvgIpc) is 2.45. The van der Waals surface area contributed by atoms with Gasteiger partial charge in [0.25, 0.3) is 11.8 Å². The van der Waals surface area contributed by atoms with Gasteiger partial charge in [-0.3, -0.25) is 14.4 Å². The molecule has 1 aliphatic rings. The second kappa shape index (κ2) is 4.91. The molecule has 1 rings (SSSR count). The van der Waals surface area contributed by atoms with Crippen molar-refractivity contribution in [2.75, 3.05) is 6.61 Å². The van der Waals surface area contributed by atoms with Crippen LogP contribution in [0.15, 0.2) is 11.6 Å². The van der Waals surface area contributed by atoms with Gasteiger partial charge in [0, 0.05) is 11.6 Å². The quantitative estimate of drug-likeness (QED) is 0.494. The second-order valence-electron chi connectivity index (χ2n) is 3.15. The molecule has 4 heteroatoms. The normalized spacial score (nSPS) is 16.4. The fourth-order valence-corrected chi connectivity index (χ4v) is 1.18. The molecule has 0 saturated carbocycles. The van der Waals surface area contributed by atoms with Crippen LogP contribution in [-0.4, -0.2) is 23.5 Å². The van der Waals surface area contributed by atoms with Crippen molar-refractivity contribution >= 4 is 11.8 Å². The van der Waals surface area contributed by atoms with E-state index in [4.69, 9.17) is 4.84 Å². The van der Waals surface area contributed by atoms with Crippen molar-refractivity contribution < 1.29 is 14.4 Å². The summed E-state index contributed by atoms with van der Waals surface area (Å²) in [6.45, 7) is 4.28. The molecule has 0 saturated heterocycles. The number of nitrogens with zero attached hydrogens (tertiary/aromatic N) is 1. The van der Waals surface area contributed by atoms with Crippen LogP contribution >= 0.6 is 0 Å². The highest BCUT2D eigenvalue weighted by molar-refractivity contribution is 6.15. The van der Waals surface area contributed by atoms with Crippen molar-refractivity contribution in [3.8, 4) is 0 Å². The maximum absolute atomic E-state index is 11.5. The molecular weight excluding hydrogens is 182 g/mol. The molecule has 0 aromatic heterocycles. The molecular formula is C10H15NO3. The van der Waals surface area contributed by atoms with E-state index < -0.39 is 0 Å². The predicted octanol–water partition coefficient (Wildman–Crippen LogP) is 1.42. The number of unbranched alkanes of at least 4 members (excludes halogenated alkanes) is 1. The van der Waals surface area contributed by atoms with Crippen LogP contribution in [0.3, 0.4) is 0 Å². The Kier molecular flexibility index (Phi) is 3.83. The maximum Gasteiger partial charge on any atom is 0.281 e. The van der Waals surface area contributed by atoms with E-state index in [1.807, 2.05) is 13.8 Å². The summed E-state index contributed by atoms with van der Waals surface area (Å²) in [6, 6.07) is 0. The van der Waals surface area contributed by atoms with Crippen molar-refractivity contribution in [3.63, 3.8) is 0 Å². The second-order valence-corrected chi connectivity index (χ2v) is 3.15. The van der Waals surface area contributed by atoms with Crippen molar-refractivity contribution in [2.24, 2.45) is 0 Å². The van der Waals surface area contributed by atoms with Crippen LogP contribution in [0.25, 0.3) is 0 Å². The molecule has 0 bridgehead atoms. The predicted molar refractivity (Wildman–Crippen MR) is 51.1 cm³/mol. The molecule has 0 aromatic rings. The summed E-state index contributed by atoms with van der Waals surface area (Å²) in [7, 11) is 0. The zero-order valence-electron chi connectivity index (χ0n) is 8.58. The van der Waals surface area contributed by atoms with Crippen LogP contribution in [0.4, 0.5) is 0 Å². The Morgan fingerprint density at radius 2 is 2.07 bits per heavy atom. The molecule has 2 amide bonds. The van der Waals surface area contributed by atoms with Gasteiger partial charge >= 0.3 is 0 Å². The number of carbonyl (C=O) groups is 2. The van der Waals surface area contributed by atoms with Gasteiger partial charge < -0.3 is 0 Å². The zero-order valence-corrected chi connectivity index (χ0v) is 8.58. The number of carbonyl (C=O) groups excluding carboxylic acids is 2. The molecule has 0 radical (unpaired) electrons. The van der Waals surface area contributed by atoms with Gasteiger partial charge in [-0.15, -0.1) is 5.06 Å². The van der Waals surface area contributed by atoms with Gasteiger partial charge in [-0.2, -0.15) is 0 Å². The van der Waals surface area contributed by atoms with Crippen LogP contribution in [0.1, 0.15) is 33.1 Å². The Morgan fingerprint density at radius 3 is 2.57 bits per heavy atom. The monoisotopic (exact) mass is 197 g/mol. The highest BCUT2D eigenvalue weighted by atomic mass is 16.7. The molecule has 78 valence electrons. The summed E-state index contributed by atoms with van der Waals surface area (Å²) in [6.07, 6.45) is 3.73. The lowest BCUT2D eigenvalue weighted by Gasteiger charge is -2.13. The Morgan fingerprint density at radius 1 is 1.36 bits per heavy atom. The van der Waals surface area contributed by atoms with Crippen LogP contribution in [0, 0.1) is 0 Å².